The first-order valence-corrected chi connectivity index (χ1v) is 10.9. The lowest BCUT2D eigenvalue weighted by atomic mass is 9.89. The Bertz CT molecular complexity index is 875. The van der Waals surface area contributed by atoms with Gasteiger partial charge in [-0.15, -0.1) is 0 Å². The Morgan fingerprint density at radius 3 is 2.59 bits per heavy atom. The number of hydrogen-bond acceptors (Lipinski definition) is 7. The molecule has 0 bridgehead atoms. The Labute approximate surface area is 189 Å². The second kappa shape index (κ2) is 12.4. The fraction of sp³-hybridized carbons (Fsp3) is 0.565. The zero-order chi connectivity index (χ0) is 23.6. The van der Waals surface area contributed by atoms with Crippen LogP contribution in [0.3, 0.4) is 0 Å². The van der Waals surface area contributed by atoms with E-state index in [1.165, 1.54) is 0 Å². The summed E-state index contributed by atoms with van der Waals surface area (Å²) in [5.74, 6) is 0.827. The molecular formula is C23H36N4O5. The van der Waals surface area contributed by atoms with Crippen LogP contribution in [-0.2, 0) is 9.47 Å². The molecule has 1 amide bonds. The maximum Gasteiger partial charge on any atom is 0.407 e. The number of nitrogens with zero attached hydrogens (tertiary/aromatic N) is 1. The van der Waals surface area contributed by atoms with E-state index in [1.54, 1.807) is 0 Å². The minimum absolute atomic E-state index is 0.0789. The number of ether oxygens (including phenoxy) is 3. The Hall–Kier alpha value is -2.62. The number of ketones is 1. The van der Waals surface area contributed by atoms with Crippen LogP contribution in [0.25, 0.3) is 10.9 Å². The Morgan fingerprint density at radius 1 is 1.09 bits per heavy atom. The van der Waals surface area contributed by atoms with Gasteiger partial charge in [0.05, 0.1) is 18.9 Å². The Balaban J connectivity index is 1.68. The van der Waals surface area contributed by atoms with Crippen molar-refractivity contribution in [3.8, 4) is 5.75 Å². The monoisotopic (exact) mass is 448 g/mol. The molecule has 2 rings (SSSR count). The van der Waals surface area contributed by atoms with Crippen LogP contribution in [0.1, 0.15) is 31.3 Å². The smallest absolute Gasteiger partial charge is 0.407 e. The number of rotatable bonds is 13. The van der Waals surface area contributed by atoms with Crippen molar-refractivity contribution in [2.24, 2.45) is 11.1 Å². The number of likely N-dealkylation sites (N-methyl/N-ethyl adjacent to an activating group) is 1. The maximum atomic E-state index is 12.5. The standard InChI is InChI=1S/C23H36N4O5/c1-23(2,3)21(28)20-16-17-15-18(5-6-19(17)26-20)31-12-10-27(4)9-8-25-22(29)32-14-13-30-11-7-24/h5-6,15-16,26H,7-14,24H2,1-4H3,(H,25,29). The van der Waals surface area contributed by atoms with Crippen LogP contribution < -0.4 is 15.8 Å². The molecule has 1 aromatic heterocycles. The highest BCUT2D eigenvalue weighted by Crippen LogP contribution is 2.26. The number of nitrogens with two attached hydrogens (primary N) is 1. The van der Waals surface area contributed by atoms with E-state index in [9.17, 15) is 9.59 Å². The molecule has 1 aromatic carbocycles. The fourth-order valence-corrected chi connectivity index (χ4v) is 2.94. The maximum absolute atomic E-state index is 12.5. The summed E-state index contributed by atoms with van der Waals surface area (Å²) in [7, 11) is 1.96. The number of hydrogen-bond donors (Lipinski definition) is 3. The molecule has 0 unspecified atom stereocenters. The molecule has 0 aliphatic carbocycles. The molecule has 1 heterocycles. The molecular weight excluding hydrogens is 412 g/mol. The normalized spacial score (nSPS) is 11.7. The van der Waals surface area contributed by atoms with Crippen molar-refractivity contribution >= 4 is 22.8 Å². The van der Waals surface area contributed by atoms with Crippen molar-refractivity contribution in [2.75, 3.05) is 59.7 Å². The fourth-order valence-electron chi connectivity index (χ4n) is 2.94. The van der Waals surface area contributed by atoms with Gasteiger partial charge in [0.2, 0.25) is 0 Å². The van der Waals surface area contributed by atoms with Gasteiger partial charge in [0.15, 0.2) is 5.78 Å². The van der Waals surface area contributed by atoms with Crippen LogP contribution in [0.5, 0.6) is 5.75 Å². The van der Waals surface area contributed by atoms with Gasteiger partial charge in [-0.3, -0.25) is 4.79 Å². The lowest BCUT2D eigenvalue weighted by molar-refractivity contribution is 0.0760. The molecule has 4 N–H and O–H groups in total. The van der Waals surface area contributed by atoms with E-state index in [0.29, 0.717) is 51.7 Å². The number of nitrogens with one attached hydrogen (secondary N) is 2. The van der Waals surface area contributed by atoms with Gasteiger partial charge in [-0.1, -0.05) is 20.8 Å². The van der Waals surface area contributed by atoms with Crippen molar-refractivity contribution in [1.29, 1.82) is 0 Å². The number of aromatic nitrogens is 1. The molecule has 0 radical (unpaired) electrons. The zero-order valence-electron chi connectivity index (χ0n) is 19.5. The van der Waals surface area contributed by atoms with Crippen LogP contribution in [0, 0.1) is 5.41 Å². The number of amides is 1. The number of fused-ring (bicyclic) bond motifs is 1. The summed E-state index contributed by atoms with van der Waals surface area (Å²) in [6.45, 7) is 9.49. The van der Waals surface area contributed by atoms with Gasteiger partial charge in [0.25, 0.3) is 0 Å². The number of benzene rings is 1. The summed E-state index contributed by atoms with van der Waals surface area (Å²) in [6.07, 6.45) is -0.463. The van der Waals surface area contributed by atoms with Gasteiger partial charge >= 0.3 is 6.09 Å². The lowest BCUT2D eigenvalue weighted by Crippen LogP contribution is -2.35. The third-order valence-corrected chi connectivity index (χ3v) is 4.75. The molecule has 0 saturated carbocycles. The molecule has 9 heteroatoms. The number of H-pyrrole nitrogens is 1. The first-order valence-electron chi connectivity index (χ1n) is 10.9. The van der Waals surface area contributed by atoms with Crippen molar-refractivity contribution in [2.45, 2.75) is 20.8 Å². The van der Waals surface area contributed by atoms with Crippen molar-refractivity contribution < 1.29 is 23.8 Å². The van der Waals surface area contributed by atoms with E-state index < -0.39 is 11.5 Å². The van der Waals surface area contributed by atoms with Gasteiger partial charge < -0.3 is 35.1 Å². The highest BCUT2D eigenvalue weighted by Gasteiger charge is 2.24. The summed E-state index contributed by atoms with van der Waals surface area (Å²) >= 11 is 0. The molecule has 9 nitrogen and oxygen atoms in total. The predicted molar refractivity (Wildman–Crippen MR) is 124 cm³/mol. The van der Waals surface area contributed by atoms with E-state index in [-0.39, 0.29) is 12.4 Å². The van der Waals surface area contributed by atoms with Crippen LogP contribution in [-0.4, -0.2) is 81.4 Å². The van der Waals surface area contributed by atoms with Gasteiger partial charge in [0, 0.05) is 42.5 Å². The van der Waals surface area contributed by atoms with Crippen LogP contribution >= 0.6 is 0 Å². The zero-order valence-corrected chi connectivity index (χ0v) is 19.5. The third-order valence-electron chi connectivity index (χ3n) is 4.75. The number of carbonyl (C=O) groups excluding carboxylic acids is 2. The number of aromatic amines is 1. The van der Waals surface area contributed by atoms with Crippen LogP contribution in [0.15, 0.2) is 24.3 Å². The molecule has 0 spiro atoms. The summed E-state index contributed by atoms with van der Waals surface area (Å²) in [4.78, 5) is 29.3. The molecule has 0 fully saturated rings. The molecule has 2 aromatic rings. The third kappa shape index (κ3) is 8.49. The highest BCUT2D eigenvalue weighted by atomic mass is 16.6. The van der Waals surface area contributed by atoms with Gasteiger partial charge in [-0.05, 0) is 31.3 Å². The van der Waals surface area contributed by atoms with Crippen LogP contribution in [0.2, 0.25) is 0 Å². The minimum atomic E-state index is -0.463. The molecule has 178 valence electrons. The van der Waals surface area contributed by atoms with E-state index in [4.69, 9.17) is 19.9 Å². The summed E-state index contributed by atoms with van der Waals surface area (Å²) < 4.78 is 16.0. The number of carbonyl (C=O) groups is 2. The largest absolute Gasteiger partial charge is 0.492 e. The molecule has 32 heavy (non-hydrogen) atoms. The van der Waals surface area contributed by atoms with Gasteiger partial charge in [-0.25, -0.2) is 4.79 Å². The average molecular weight is 449 g/mol. The van der Waals surface area contributed by atoms with Crippen molar-refractivity contribution in [3.63, 3.8) is 0 Å². The lowest BCUT2D eigenvalue weighted by Gasteiger charge is -2.17. The molecule has 0 aliphatic heterocycles. The molecule has 0 aliphatic rings. The van der Waals surface area contributed by atoms with Crippen molar-refractivity contribution in [1.82, 2.24) is 15.2 Å². The topological polar surface area (TPSA) is 119 Å². The van der Waals surface area contributed by atoms with Gasteiger partial charge in [-0.2, -0.15) is 0 Å². The Kier molecular flexibility index (Phi) is 9.96. The first-order chi connectivity index (χ1) is 15.2. The minimum Gasteiger partial charge on any atom is -0.492 e. The number of alkyl carbamates (subject to hydrolysis) is 1. The van der Waals surface area contributed by atoms with E-state index >= 15 is 0 Å². The summed E-state index contributed by atoms with van der Waals surface area (Å²) in [6, 6.07) is 7.61. The van der Waals surface area contributed by atoms with Crippen molar-refractivity contribution in [3.05, 3.63) is 30.0 Å². The summed E-state index contributed by atoms with van der Waals surface area (Å²) in [5.41, 5.74) is 6.39. The highest BCUT2D eigenvalue weighted by molar-refractivity contribution is 6.02. The quantitative estimate of drug-likeness (QED) is 0.318. The number of Topliss-reactive ketones (excluding diaryl/α,β-unsaturated/α-hetero) is 1. The van der Waals surface area contributed by atoms with Gasteiger partial charge in [0.1, 0.15) is 19.0 Å². The van der Waals surface area contributed by atoms with E-state index in [0.717, 1.165) is 16.7 Å². The second-order valence-corrected chi connectivity index (χ2v) is 8.63. The first kappa shape index (κ1) is 25.6. The second-order valence-electron chi connectivity index (χ2n) is 8.63. The van der Waals surface area contributed by atoms with E-state index in [1.807, 2.05) is 52.1 Å². The SMILES string of the molecule is CN(CCNC(=O)OCCOCCN)CCOc1ccc2[nH]c(C(=O)C(C)(C)C)cc2c1. The molecule has 0 saturated heterocycles. The summed E-state index contributed by atoms with van der Waals surface area (Å²) in [5, 5.41) is 3.64. The molecule has 0 atom stereocenters. The van der Waals surface area contributed by atoms with E-state index in [2.05, 4.69) is 15.2 Å². The Morgan fingerprint density at radius 2 is 1.88 bits per heavy atom. The van der Waals surface area contributed by atoms with Crippen LogP contribution in [0.4, 0.5) is 4.79 Å². The predicted octanol–water partition coefficient (Wildman–Crippen LogP) is 2.41. The average Bonchev–Trinajstić information content (AvgIpc) is 3.15.